The van der Waals surface area contributed by atoms with Crippen molar-refractivity contribution in [3.63, 3.8) is 0 Å². The van der Waals surface area contributed by atoms with Gasteiger partial charge in [-0.25, -0.2) is 4.79 Å². The maximum atomic E-state index is 12.4. The predicted octanol–water partition coefficient (Wildman–Crippen LogP) is -0.0377. The van der Waals surface area contributed by atoms with Crippen LogP contribution in [0.2, 0.25) is 0 Å². The van der Waals surface area contributed by atoms with Gasteiger partial charge in [-0.3, -0.25) is 9.48 Å². The van der Waals surface area contributed by atoms with Crippen molar-refractivity contribution in [1.29, 1.82) is 0 Å². The Morgan fingerprint density at radius 2 is 1.81 bits per heavy atom. The molecule has 2 aromatic rings. The number of aliphatic hydroxyl groups excluding tert-OH is 2. The molecule has 2 amide bonds. The Hall–Kier alpha value is -3.35. The molecule has 9 heteroatoms. The summed E-state index contributed by atoms with van der Waals surface area (Å²) < 4.78 is 1.71. The second-order valence-electron chi connectivity index (χ2n) is 7.44. The zero-order chi connectivity index (χ0) is 22.4. The second kappa shape index (κ2) is 10.1. The van der Waals surface area contributed by atoms with E-state index in [0.717, 1.165) is 16.9 Å². The lowest BCUT2D eigenvalue weighted by atomic mass is 10.1. The van der Waals surface area contributed by atoms with E-state index >= 15 is 0 Å². The Labute approximate surface area is 181 Å². The van der Waals surface area contributed by atoms with Crippen LogP contribution in [0.3, 0.4) is 0 Å². The molecule has 1 aliphatic rings. The average Bonchev–Trinajstić information content (AvgIpc) is 3.20. The average molecular weight is 425 g/mol. The van der Waals surface area contributed by atoms with Crippen LogP contribution >= 0.6 is 0 Å². The Balaban J connectivity index is 1.54. The van der Waals surface area contributed by atoms with Crippen LogP contribution in [0, 0.1) is 11.8 Å². The van der Waals surface area contributed by atoms with Crippen molar-refractivity contribution in [2.45, 2.75) is 19.1 Å². The molecule has 2 atom stereocenters. The van der Waals surface area contributed by atoms with Crippen LogP contribution in [-0.2, 0) is 11.8 Å². The molecular weight excluding hydrogens is 398 g/mol. The van der Waals surface area contributed by atoms with E-state index in [4.69, 9.17) is 5.11 Å². The number of aromatic nitrogens is 2. The third-order valence-corrected chi connectivity index (χ3v) is 5.11. The third kappa shape index (κ3) is 5.84. The van der Waals surface area contributed by atoms with Gasteiger partial charge in [0.05, 0.1) is 6.10 Å². The summed E-state index contributed by atoms with van der Waals surface area (Å²) in [6.45, 7) is 2.91. The highest BCUT2D eigenvalue weighted by atomic mass is 16.3. The molecule has 0 aliphatic carbocycles. The maximum Gasteiger partial charge on any atom is 0.318 e. The van der Waals surface area contributed by atoms with Crippen molar-refractivity contribution >= 4 is 17.5 Å². The zero-order valence-corrected chi connectivity index (χ0v) is 17.7. The van der Waals surface area contributed by atoms with Gasteiger partial charge in [0.15, 0.2) is 5.78 Å². The molecule has 1 aliphatic heterocycles. The molecule has 1 fully saturated rings. The summed E-state index contributed by atoms with van der Waals surface area (Å²) in [4.78, 5) is 27.9. The first-order valence-electron chi connectivity index (χ1n) is 10.1. The SMILES string of the molecule is C[C@H](O)[C@@H](NC(=O)N1CCN(c2ccc(C#Cc3ccn(C)n3)cc2)CC1)C(=O)CO. The van der Waals surface area contributed by atoms with E-state index in [0.29, 0.717) is 26.2 Å². The van der Waals surface area contributed by atoms with E-state index in [9.17, 15) is 14.7 Å². The standard InChI is InChI=1S/C22H27N5O4/c1-16(29)21(20(30)15-28)23-22(31)27-13-11-26(12-14-27)19-7-4-17(5-8-19)3-6-18-9-10-25(2)24-18/h4-5,7-10,16,21,28-29H,11-15H2,1-2H3,(H,23,31)/t16-,21+/m0/s1. The monoisotopic (exact) mass is 425 g/mol. The topological polar surface area (TPSA) is 111 Å². The number of carbonyl (C=O) groups excluding carboxylic acids is 2. The molecule has 0 radical (unpaired) electrons. The maximum absolute atomic E-state index is 12.4. The highest BCUT2D eigenvalue weighted by Gasteiger charge is 2.28. The summed E-state index contributed by atoms with van der Waals surface area (Å²) in [6, 6.07) is 8.24. The number of carbonyl (C=O) groups is 2. The predicted molar refractivity (Wildman–Crippen MR) is 116 cm³/mol. The summed E-state index contributed by atoms with van der Waals surface area (Å²) >= 11 is 0. The number of aliphatic hydroxyl groups is 2. The number of aryl methyl sites for hydroxylation is 1. The fraction of sp³-hybridized carbons (Fsp3) is 0.409. The second-order valence-corrected chi connectivity index (χ2v) is 7.44. The van der Waals surface area contributed by atoms with Crippen molar-refractivity contribution in [2.75, 3.05) is 37.7 Å². The Kier molecular flexibility index (Phi) is 7.28. The number of hydrogen-bond donors (Lipinski definition) is 3. The van der Waals surface area contributed by atoms with E-state index in [2.05, 4.69) is 27.2 Å². The first kappa shape index (κ1) is 22.3. The largest absolute Gasteiger partial charge is 0.391 e. The van der Waals surface area contributed by atoms with Crippen LogP contribution in [-0.4, -0.2) is 81.6 Å². The van der Waals surface area contributed by atoms with Crippen LogP contribution in [0.1, 0.15) is 18.2 Å². The summed E-state index contributed by atoms with van der Waals surface area (Å²) in [5.74, 6) is 5.51. The summed E-state index contributed by atoms with van der Waals surface area (Å²) in [5.41, 5.74) is 2.66. The lowest BCUT2D eigenvalue weighted by Crippen LogP contribution is -2.57. The lowest BCUT2D eigenvalue weighted by Gasteiger charge is -2.36. The number of amides is 2. The fourth-order valence-electron chi connectivity index (χ4n) is 3.33. The minimum Gasteiger partial charge on any atom is -0.391 e. The quantitative estimate of drug-likeness (QED) is 0.580. The van der Waals surface area contributed by atoms with Gasteiger partial charge in [-0.15, -0.1) is 0 Å². The van der Waals surface area contributed by atoms with E-state index < -0.39 is 30.6 Å². The highest BCUT2D eigenvalue weighted by molar-refractivity contribution is 5.89. The van der Waals surface area contributed by atoms with Crippen molar-refractivity contribution in [3.05, 3.63) is 47.8 Å². The number of rotatable bonds is 5. The number of hydrogen-bond acceptors (Lipinski definition) is 6. The molecule has 0 spiro atoms. The fourth-order valence-corrected chi connectivity index (χ4v) is 3.33. The van der Waals surface area contributed by atoms with E-state index in [1.165, 1.54) is 6.92 Å². The van der Waals surface area contributed by atoms with E-state index in [1.54, 1.807) is 9.58 Å². The molecule has 1 aromatic carbocycles. The van der Waals surface area contributed by atoms with Crippen molar-refractivity contribution in [2.24, 2.45) is 7.05 Å². The smallest absolute Gasteiger partial charge is 0.318 e. The number of benzene rings is 1. The molecule has 0 saturated carbocycles. The van der Waals surface area contributed by atoms with Crippen LogP contribution < -0.4 is 10.2 Å². The minimum absolute atomic E-state index is 0.424. The molecule has 3 rings (SSSR count). The zero-order valence-electron chi connectivity index (χ0n) is 17.7. The molecule has 0 bridgehead atoms. The summed E-state index contributed by atoms with van der Waals surface area (Å²) in [7, 11) is 1.85. The first-order chi connectivity index (χ1) is 14.9. The van der Waals surface area contributed by atoms with Gasteiger partial charge >= 0.3 is 6.03 Å². The van der Waals surface area contributed by atoms with Gasteiger partial charge in [0.1, 0.15) is 18.3 Å². The number of nitrogens with one attached hydrogen (secondary N) is 1. The molecule has 3 N–H and O–H groups in total. The van der Waals surface area contributed by atoms with Crippen LogP contribution in [0.4, 0.5) is 10.5 Å². The number of nitrogens with zero attached hydrogens (tertiary/aromatic N) is 4. The summed E-state index contributed by atoms with van der Waals surface area (Å²) in [5, 5.41) is 25.4. The normalized spacial score (nSPS) is 15.6. The number of Topliss-reactive ketones (excluding diaryl/α,β-unsaturated/α-hetero) is 1. The van der Waals surface area contributed by atoms with Gasteiger partial charge < -0.3 is 25.3 Å². The molecule has 0 unspecified atom stereocenters. The summed E-state index contributed by atoms with van der Waals surface area (Å²) in [6.07, 6.45) is 0.770. The number of ketones is 1. The highest BCUT2D eigenvalue weighted by Crippen LogP contribution is 2.17. The lowest BCUT2D eigenvalue weighted by molar-refractivity contribution is -0.125. The van der Waals surface area contributed by atoms with E-state index in [1.807, 2.05) is 43.6 Å². The number of urea groups is 1. The van der Waals surface area contributed by atoms with Crippen molar-refractivity contribution in [1.82, 2.24) is 20.0 Å². The Morgan fingerprint density at radius 3 is 2.35 bits per heavy atom. The molecule has 164 valence electrons. The van der Waals surface area contributed by atoms with E-state index in [-0.39, 0.29) is 0 Å². The van der Waals surface area contributed by atoms with Crippen molar-refractivity contribution < 1.29 is 19.8 Å². The van der Waals surface area contributed by atoms with Gasteiger partial charge in [-0.05, 0) is 43.2 Å². The van der Waals surface area contributed by atoms with Gasteiger partial charge in [-0.1, -0.05) is 5.92 Å². The molecule has 31 heavy (non-hydrogen) atoms. The van der Waals surface area contributed by atoms with Crippen LogP contribution in [0.15, 0.2) is 36.5 Å². The number of anilines is 1. The van der Waals surface area contributed by atoms with Gasteiger partial charge in [0.25, 0.3) is 0 Å². The van der Waals surface area contributed by atoms with Gasteiger partial charge in [0, 0.05) is 50.7 Å². The Bertz CT molecular complexity index is 966. The number of piperazine rings is 1. The van der Waals surface area contributed by atoms with Crippen molar-refractivity contribution in [3.8, 4) is 11.8 Å². The van der Waals surface area contributed by atoms with Crippen LogP contribution in [0.25, 0.3) is 0 Å². The van der Waals surface area contributed by atoms with Gasteiger partial charge in [-0.2, -0.15) is 5.10 Å². The first-order valence-corrected chi connectivity index (χ1v) is 10.1. The molecular formula is C22H27N5O4. The third-order valence-electron chi connectivity index (χ3n) is 5.11. The van der Waals surface area contributed by atoms with Gasteiger partial charge in [0.2, 0.25) is 0 Å². The molecule has 1 aromatic heterocycles. The molecule has 1 saturated heterocycles. The Morgan fingerprint density at radius 1 is 1.13 bits per heavy atom. The minimum atomic E-state index is -1.12. The van der Waals surface area contributed by atoms with Crippen LogP contribution in [0.5, 0.6) is 0 Å². The molecule has 2 heterocycles. The molecule has 9 nitrogen and oxygen atoms in total.